The molecular weight excluding hydrogens is 390 g/mol. The number of ether oxygens (including phenoxy) is 1. The van der Waals surface area contributed by atoms with Crippen LogP contribution in [0.15, 0.2) is 48.5 Å². The lowest BCUT2D eigenvalue weighted by molar-refractivity contribution is -0.113. The fourth-order valence-corrected chi connectivity index (χ4v) is 3.80. The third-order valence-corrected chi connectivity index (χ3v) is 5.57. The Morgan fingerprint density at radius 1 is 1.15 bits per heavy atom. The molecule has 134 valence electrons. The maximum atomic E-state index is 12.1. The second-order valence-electron chi connectivity index (χ2n) is 5.31. The van der Waals surface area contributed by atoms with Crippen molar-refractivity contribution in [1.82, 2.24) is 10.2 Å². The number of anilines is 1. The molecule has 0 aliphatic rings. The third kappa shape index (κ3) is 5.20. The molecule has 0 unspecified atom stereocenters. The summed E-state index contributed by atoms with van der Waals surface area (Å²) in [7, 11) is 1.62. The van der Waals surface area contributed by atoms with Crippen molar-refractivity contribution in [1.29, 1.82) is 0 Å². The quantitative estimate of drug-likeness (QED) is 0.615. The van der Waals surface area contributed by atoms with Crippen LogP contribution in [-0.2, 0) is 10.5 Å². The van der Waals surface area contributed by atoms with E-state index < -0.39 is 0 Å². The molecule has 1 amide bonds. The number of thioether (sulfide) groups is 1. The molecule has 0 radical (unpaired) electrons. The van der Waals surface area contributed by atoms with Gasteiger partial charge in [0.2, 0.25) is 11.0 Å². The van der Waals surface area contributed by atoms with Crippen LogP contribution in [0.25, 0.3) is 10.6 Å². The van der Waals surface area contributed by atoms with Gasteiger partial charge in [0.15, 0.2) is 0 Å². The Morgan fingerprint density at radius 2 is 1.88 bits per heavy atom. The van der Waals surface area contributed by atoms with Gasteiger partial charge in [-0.15, -0.1) is 22.0 Å². The summed E-state index contributed by atoms with van der Waals surface area (Å²) in [4.78, 5) is 12.1. The summed E-state index contributed by atoms with van der Waals surface area (Å²) >= 11 is 8.73. The van der Waals surface area contributed by atoms with Gasteiger partial charge >= 0.3 is 0 Å². The van der Waals surface area contributed by atoms with Crippen molar-refractivity contribution in [3.63, 3.8) is 0 Å². The summed E-state index contributed by atoms with van der Waals surface area (Å²) in [5, 5.41) is 12.9. The predicted octanol–water partition coefficient (Wildman–Crippen LogP) is 4.74. The second kappa shape index (κ2) is 9.02. The molecule has 2 aromatic carbocycles. The fourth-order valence-electron chi connectivity index (χ4n) is 2.12. The maximum absolute atomic E-state index is 12.1. The number of hydrogen-bond donors (Lipinski definition) is 1. The topological polar surface area (TPSA) is 64.1 Å². The van der Waals surface area contributed by atoms with Crippen LogP contribution in [0.3, 0.4) is 0 Å². The van der Waals surface area contributed by atoms with E-state index in [0.29, 0.717) is 15.9 Å². The number of amides is 1. The van der Waals surface area contributed by atoms with Gasteiger partial charge in [0.1, 0.15) is 10.8 Å². The Balaban J connectivity index is 1.50. The summed E-state index contributed by atoms with van der Waals surface area (Å²) in [5.41, 5.74) is 2.06. The number of halogens is 1. The van der Waals surface area contributed by atoms with Gasteiger partial charge in [-0.3, -0.25) is 10.1 Å². The number of benzene rings is 2. The van der Waals surface area contributed by atoms with E-state index in [2.05, 4.69) is 15.5 Å². The van der Waals surface area contributed by atoms with Crippen molar-refractivity contribution >= 4 is 45.7 Å². The van der Waals surface area contributed by atoms with Gasteiger partial charge in [-0.1, -0.05) is 35.1 Å². The van der Waals surface area contributed by atoms with Gasteiger partial charge < -0.3 is 4.74 Å². The monoisotopic (exact) mass is 405 g/mol. The molecule has 0 saturated carbocycles. The predicted molar refractivity (Wildman–Crippen MR) is 108 cm³/mol. The first-order chi connectivity index (χ1) is 12.6. The zero-order valence-electron chi connectivity index (χ0n) is 13.9. The number of aromatic nitrogens is 2. The van der Waals surface area contributed by atoms with Crippen molar-refractivity contribution in [3.05, 3.63) is 59.1 Å². The van der Waals surface area contributed by atoms with Crippen molar-refractivity contribution in [2.24, 2.45) is 0 Å². The number of nitrogens with zero attached hydrogens (tertiary/aromatic N) is 2. The minimum Gasteiger partial charge on any atom is -0.497 e. The Morgan fingerprint density at radius 3 is 2.58 bits per heavy atom. The van der Waals surface area contributed by atoms with E-state index >= 15 is 0 Å². The molecule has 0 spiro atoms. The lowest BCUT2D eigenvalue weighted by atomic mass is 10.2. The van der Waals surface area contributed by atoms with Crippen LogP contribution in [0.2, 0.25) is 5.02 Å². The van der Waals surface area contributed by atoms with Crippen LogP contribution in [-0.4, -0.2) is 29.0 Å². The Labute approximate surface area is 164 Å². The average Bonchev–Trinajstić information content (AvgIpc) is 3.12. The Hall–Kier alpha value is -2.09. The van der Waals surface area contributed by atoms with Crippen LogP contribution in [0.5, 0.6) is 5.75 Å². The summed E-state index contributed by atoms with van der Waals surface area (Å²) in [5.74, 6) is 1.78. The van der Waals surface area contributed by atoms with E-state index in [0.717, 1.165) is 27.6 Å². The first-order valence-electron chi connectivity index (χ1n) is 7.74. The normalized spacial score (nSPS) is 10.5. The zero-order valence-corrected chi connectivity index (χ0v) is 16.3. The van der Waals surface area contributed by atoms with Crippen molar-refractivity contribution in [3.8, 4) is 16.3 Å². The molecule has 0 aliphatic carbocycles. The van der Waals surface area contributed by atoms with Gasteiger partial charge in [-0.25, -0.2) is 0 Å². The van der Waals surface area contributed by atoms with E-state index in [1.54, 1.807) is 7.11 Å². The highest BCUT2D eigenvalue weighted by Crippen LogP contribution is 2.27. The largest absolute Gasteiger partial charge is 0.497 e. The summed E-state index contributed by atoms with van der Waals surface area (Å²) in [6.07, 6.45) is 0. The summed E-state index contributed by atoms with van der Waals surface area (Å²) < 4.78 is 5.14. The number of carbonyl (C=O) groups is 1. The van der Waals surface area contributed by atoms with Crippen LogP contribution >= 0.6 is 34.7 Å². The lowest BCUT2D eigenvalue weighted by Gasteiger charge is -2.02. The van der Waals surface area contributed by atoms with Gasteiger partial charge in [-0.2, -0.15) is 0 Å². The molecule has 1 N–H and O–H groups in total. The molecule has 1 heterocycles. The van der Waals surface area contributed by atoms with E-state index in [-0.39, 0.29) is 5.91 Å². The molecule has 1 aromatic heterocycles. The summed E-state index contributed by atoms with van der Waals surface area (Å²) in [6.45, 7) is 0. The highest BCUT2D eigenvalue weighted by molar-refractivity contribution is 7.99. The van der Waals surface area contributed by atoms with Crippen LogP contribution in [0, 0.1) is 0 Å². The average molecular weight is 406 g/mol. The first kappa shape index (κ1) is 18.7. The molecule has 0 atom stereocenters. The Bertz CT molecular complexity index is 867. The standard InChI is InChI=1S/C18H16ClN3O2S2/c1-24-15-8-4-13(5-9-15)17-21-22-18(26-17)20-16(23)11-25-10-12-2-6-14(19)7-3-12/h2-9H,10-11H2,1H3,(H,20,22,23). The van der Waals surface area contributed by atoms with Gasteiger partial charge in [0.05, 0.1) is 12.9 Å². The van der Waals surface area contributed by atoms with Crippen LogP contribution < -0.4 is 10.1 Å². The van der Waals surface area contributed by atoms with Crippen LogP contribution in [0.1, 0.15) is 5.56 Å². The Kier molecular flexibility index (Phi) is 6.49. The highest BCUT2D eigenvalue weighted by atomic mass is 35.5. The van der Waals surface area contributed by atoms with E-state index in [4.69, 9.17) is 16.3 Å². The molecule has 26 heavy (non-hydrogen) atoms. The first-order valence-corrected chi connectivity index (χ1v) is 10.1. The minimum atomic E-state index is -0.0959. The summed E-state index contributed by atoms with van der Waals surface area (Å²) in [6, 6.07) is 15.2. The SMILES string of the molecule is COc1ccc(-c2nnc(NC(=O)CSCc3ccc(Cl)cc3)s2)cc1. The molecular formula is C18H16ClN3O2S2. The number of methoxy groups -OCH3 is 1. The van der Waals surface area contributed by atoms with E-state index in [1.807, 2.05) is 48.5 Å². The van der Waals surface area contributed by atoms with Gasteiger partial charge in [-0.05, 0) is 42.0 Å². The molecule has 0 aliphatic heterocycles. The molecule has 3 rings (SSSR count). The van der Waals surface area contributed by atoms with E-state index in [1.165, 1.54) is 23.1 Å². The second-order valence-corrected chi connectivity index (χ2v) is 7.71. The fraction of sp³-hybridized carbons (Fsp3) is 0.167. The number of carbonyl (C=O) groups excluding carboxylic acids is 1. The number of hydrogen-bond acceptors (Lipinski definition) is 6. The molecule has 8 heteroatoms. The molecule has 5 nitrogen and oxygen atoms in total. The van der Waals surface area contributed by atoms with Crippen molar-refractivity contribution < 1.29 is 9.53 Å². The van der Waals surface area contributed by atoms with Crippen molar-refractivity contribution in [2.75, 3.05) is 18.2 Å². The number of rotatable bonds is 7. The molecule has 0 saturated heterocycles. The molecule has 0 fully saturated rings. The van der Waals surface area contributed by atoms with Crippen LogP contribution in [0.4, 0.5) is 5.13 Å². The van der Waals surface area contributed by atoms with Gasteiger partial charge in [0, 0.05) is 16.3 Å². The third-order valence-electron chi connectivity index (χ3n) is 3.42. The zero-order chi connectivity index (χ0) is 18.4. The van der Waals surface area contributed by atoms with Gasteiger partial charge in [0.25, 0.3) is 0 Å². The maximum Gasteiger partial charge on any atom is 0.236 e. The highest BCUT2D eigenvalue weighted by Gasteiger charge is 2.10. The number of nitrogens with one attached hydrogen (secondary N) is 1. The van der Waals surface area contributed by atoms with Crippen molar-refractivity contribution in [2.45, 2.75) is 5.75 Å². The van der Waals surface area contributed by atoms with E-state index in [9.17, 15) is 4.79 Å². The minimum absolute atomic E-state index is 0.0959. The lowest BCUT2D eigenvalue weighted by Crippen LogP contribution is -2.13. The molecule has 3 aromatic rings. The molecule has 0 bridgehead atoms. The smallest absolute Gasteiger partial charge is 0.236 e.